The third-order valence-electron chi connectivity index (χ3n) is 6.17. The maximum Gasteiger partial charge on any atom is 0.231 e. The van der Waals surface area contributed by atoms with Crippen LogP contribution in [0, 0.1) is 0 Å². The minimum Gasteiger partial charge on any atom is -1.00 e. The van der Waals surface area contributed by atoms with Crippen LogP contribution in [0.4, 0.5) is 0 Å². The molecule has 168 valence electrons. The molecule has 0 aromatic heterocycles. The molecule has 2 aliphatic heterocycles. The zero-order valence-electron chi connectivity index (χ0n) is 18.5. The average molecular weight is 541 g/mol. The van der Waals surface area contributed by atoms with Gasteiger partial charge in [-0.25, -0.2) is 0 Å². The van der Waals surface area contributed by atoms with Gasteiger partial charge >= 0.3 is 0 Å². The highest BCUT2D eigenvalue weighted by molar-refractivity contribution is 6.01. The molecule has 0 amide bonds. The second-order valence-electron chi connectivity index (χ2n) is 8.15. The first-order chi connectivity index (χ1) is 14.4. The summed E-state index contributed by atoms with van der Waals surface area (Å²) in [6.45, 7) is 1.08. The highest BCUT2D eigenvalue weighted by Gasteiger charge is 2.42. The number of hydrogen-bond donors (Lipinski definition) is 0. The van der Waals surface area contributed by atoms with Crippen LogP contribution in [-0.4, -0.2) is 59.0 Å². The first-order valence-corrected chi connectivity index (χ1v) is 9.97. The molecule has 2 heterocycles. The van der Waals surface area contributed by atoms with Gasteiger partial charge in [0.2, 0.25) is 12.5 Å². The molecule has 8 heteroatoms. The highest BCUT2D eigenvalue weighted by atomic mass is 127. The van der Waals surface area contributed by atoms with Crippen LogP contribution in [0.25, 0.3) is 0 Å². The van der Waals surface area contributed by atoms with Gasteiger partial charge in [-0.15, -0.1) is 0 Å². The summed E-state index contributed by atoms with van der Waals surface area (Å²) in [5, 5.41) is 0. The first kappa shape index (κ1) is 23.5. The number of carbonyl (C=O) groups excluding carboxylic acids is 1. The second kappa shape index (κ2) is 9.12. The van der Waals surface area contributed by atoms with E-state index in [4.69, 9.17) is 23.7 Å². The fourth-order valence-electron chi connectivity index (χ4n) is 4.52. The fourth-order valence-corrected chi connectivity index (χ4v) is 4.52. The summed E-state index contributed by atoms with van der Waals surface area (Å²) in [6, 6.07) is 7.29. The maximum absolute atomic E-state index is 13.5. The Labute approximate surface area is 199 Å². The molecule has 1 unspecified atom stereocenters. The summed E-state index contributed by atoms with van der Waals surface area (Å²) >= 11 is 0. The summed E-state index contributed by atoms with van der Waals surface area (Å²) in [6.07, 6.45) is 1.16. The number of benzene rings is 2. The molecule has 2 aliphatic rings. The van der Waals surface area contributed by atoms with Gasteiger partial charge in [-0.1, -0.05) is 6.07 Å². The van der Waals surface area contributed by atoms with Gasteiger partial charge in [-0.3, -0.25) is 4.79 Å². The van der Waals surface area contributed by atoms with Crippen molar-refractivity contribution in [2.75, 3.05) is 48.8 Å². The first-order valence-electron chi connectivity index (χ1n) is 9.97. The number of hydrogen-bond acceptors (Lipinski definition) is 6. The van der Waals surface area contributed by atoms with Crippen LogP contribution in [-0.2, 0) is 6.42 Å². The predicted molar refractivity (Wildman–Crippen MR) is 111 cm³/mol. The summed E-state index contributed by atoms with van der Waals surface area (Å²) in [4.78, 5) is 13.5. The Kier molecular flexibility index (Phi) is 6.90. The Morgan fingerprint density at radius 1 is 1.10 bits per heavy atom. The SMILES string of the molecule is COc1cccc(OC)c1C(=O)CC1c2c(cc3c(c2OC)OCO3)CC[N+]1(C)C.[I-]. The Balaban J connectivity index is 0.00000272. The van der Waals surface area contributed by atoms with E-state index in [0.717, 1.165) is 24.1 Å². The van der Waals surface area contributed by atoms with E-state index in [-0.39, 0.29) is 49.0 Å². The fraction of sp³-hybridized carbons (Fsp3) is 0.435. The monoisotopic (exact) mass is 541 g/mol. The second-order valence-corrected chi connectivity index (χ2v) is 8.15. The maximum atomic E-state index is 13.5. The lowest BCUT2D eigenvalue weighted by Crippen LogP contribution is -3.00. The molecule has 0 fully saturated rings. The van der Waals surface area contributed by atoms with Crippen molar-refractivity contribution < 1.29 is 56.9 Å². The molecule has 0 saturated carbocycles. The van der Waals surface area contributed by atoms with Crippen molar-refractivity contribution in [2.45, 2.75) is 18.9 Å². The van der Waals surface area contributed by atoms with Crippen molar-refractivity contribution in [1.82, 2.24) is 0 Å². The lowest BCUT2D eigenvalue weighted by molar-refractivity contribution is -0.922. The van der Waals surface area contributed by atoms with E-state index < -0.39 is 0 Å². The number of Topliss-reactive ketones (excluding diaryl/α,β-unsaturated/α-hetero) is 1. The molecular weight excluding hydrogens is 513 g/mol. The predicted octanol–water partition coefficient (Wildman–Crippen LogP) is 0.392. The van der Waals surface area contributed by atoms with Crippen LogP contribution in [0.2, 0.25) is 0 Å². The summed E-state index contributed by atoms with van der Waals surface area (Å²) in [5.41, 5.74) is 2.62. The van der Waals surface area contributed by atoms with Crippen LogP contribution in [0.1, 0.15) is 33.9 Å². The van der Waals surface area contributed by atoms with Crippen LogP contribution < -0.4 is 47.7 Å². The normalized spacial score (nSPS) is 17.9. The zero-order chi connectivity index (χ0) is 21.5. The van der Waals surface area contributed by atoms with Crippen LogP contribution in [0.15, 0.2) is 24.3 Å². The van der Waals surface area contributed by atoms with Crippen molar-refractivity contribution in [2.24, 2.45) is 0 Å². The molecule has 0 radical (unpaired) electrons. The lowest BCUT2D eigenvalue weighted by atomic mass is 9.85. The van der Waals surface area contributed by atoms with Gasteiger partial charge in [0.15, 0.2) is 17.3 Å². The average Bonchev–Trinajstić information content (AvgIpc) is 3.21. The van der Waals surface area contributed by atoms with E-state index >= 15 is 0 Å². The minimum absolute atomic E-state index is 0. The van der Waals surface area contributed by atoms with Gasteiger partial charge in [-0.2, -0.15) is 0 Å². The van der Waals surface area contributed by atoms with E-state index in [9.17, 15) is 4.79 Å². The number of likely N-dealkylation sites (N-methyl/N-ethyl adjacent to an activating group) is 1. The van der Waals surface area contributed by atoms with Gasteiger partial charge in [0, 0.05) is 6.42 Å². The number of carbonyl (C=O) groups is 1. The molecule has 2 aromatic carbocycles. The molecular formula is C23H28INO6. The summed E-state index contributed by atoms with van der Waals surface area (Å²) < 4.78 is 28.6. The molecule has 0 aliphatic carbocycles. The standard InChI is InChI=1S/C23H28NO6.HI/c1-24(2)10-9-14-11-19-22(30-13-29-19)23(28-5)20(14)15(24)12-16(25)21-17(26-3)7-6-8-18(21)27-4;/h6-8,11,15H,9-10,12-13H2,1-5H3;1H/q+1;/p-1. The van der Waals surface area contributed by atoms with Crippen LogP contribution in [0.3, 0.4) is 0 Å². The number of ketones is 1. The lowest BCUT2D eigenvalue weighted by Gasteiger charge is -2.43. The molecule has 2 aromatic rings. The van der Waals surface area contributed by atoms with Crippen molar-refractivity contribution in [3.05, 3.63) is 41.0 Å². The molecule has 1 atom stereocenters. The van der Waals surface area contributed by atoms with Gasteiger partial charge in [0.1, 0.15) is 23.1 Å². The van der Waals surface area contributed by atoms with Crippen LogP contribution >= 0.6 is 0 Å². The minimum atomic E-state index is -0.111. The van der Waals surface area contributed by atoms with Gasteiger partial charge in [-0.05, 0) is 23.8 Å². The molecule has 0 bridgehead atoms. The highest BCUT2D eigenvalue weighted by Crippen LogP contribution is 2.51. The largest absolute Gasteiger partial charge is 1.00 e. The molecule has 7 nitrogen and oxygen atoms in total. The Morgan fingerprint density at radius 2 is 1.77 bits per heavy atom. The van der Waals surface area contributed by atoms with Crippen molar-refractivity contribution in [3.63, 3.8) is 0 Å². The smallest absolute Gasteiger partial charge is 0.231 e. The quantitative estimate of drug-likeness (QED) is 0.300. The van der Waals surface area contributed by atoms with E-state index in [1.54, 1.807) is 33.5 Å². The number of halogens is 1. The van der Waals surface area contributed by atoms with Crippen LogP contribution in [0.5, 0.6) is 28.7 Å². The Morgan fingerprint density at radius 3 is 2.39 bits per heavy atom. The number of ether oxygens (including phenoxy) is 5. The van der Waals surface area contributed by atoms with Crippen molar-refractivity contribution >= 4 is 5.78 Å². The van der Waals surface area contributed by atoms with Gasteiger partial charge < -0.3 is 52.1 Å². The van der Waals surface area contributed by atoms with Crippen molar-refractivity contribution in [3.8, 4) is 28.7 Å². The van der Waals surface area contributed by atoms with Gasteiger partial charge in [0.05, 0.1) is 54.0 Å². The number of methoxy groups -OCH3 is 3. The molecule has 0 spiro atoms. The number of quaternary nitrogens is 1. The molecule has 0 N–H and O–H groups in total. The van der Waals surface area contributed by atoms with E-state index in [1.165, 1.54) is 0 Å². The van der Waals surface area contributed by atoms with Crippen molar-refractivity contribution in [1.29, 1.82) is 0 Å². The Hall–Kier alpha value is -2.20. The van der Waals surface area contributed by atoms with E-state index in [1.807, 2.05) is 12.1 Å². The van der Waals surface area contributed by atoms with E-state index in [0.29, 0.717) is 38.8 Å². The molecule has 31 heavy (non-hydrogen) atoms. The third kappa shape index (κ3) is 4.03. The number of rotatable bonds is 6. The molecule has 4 rings (SSSR count). The number of nitrogens with zero attached hydrogens (tertiary/aromatic N) is 1. The number of fused-ring (bicyclic) bond motifs is 2. The molecule has 0 saturated heterocycles. The zero-order valence-corrected chi connectivity index (χ0v) is 20.6. The summed E-state index contributed by atoms with van der Waals surface area (Å²) in [5.74, 6) is 2.97. The Bertz CT molecular complexity index is 968. The summed E-state index contributed by atoms with van der Waals surface area (Å²) in [7, 11) is 9.04. The van der Waals surface area contributed by atoms with Gasteiger partial charge in [0.25, 0.3) is 0 Å². The third-order valence-corrected chi connectivity index (χ3v) is 6.17. The topological polar surface area (TPSA) is 63.2 Å². The van der Waals surface area contributed by atoms with E-state index in [2.05, 4.69) is 14.1 Å².